The van der Waals surface area contributed by atoms with Crippen LogP contribution in [0.1, 0.15) is 18.7 Å². The minimum Gasteiger partial charge on any atom is -0.308 e. The third-order valence-electron chi connectivity index (χ3n) is 2.68. The number of hydrogen-bond donors (Lipinski definition) is 0. The van der Waals surface area contributed by atoms with E-state index in [0.717, 1.165) is 18.8 Å². The summed E-state index contributed by atoms with van der Waals surface area (Å²) in [6.45, 7) is 4.33. The van der Waals surface area contributed by atoms with Crippen molar-refractivity contribution in [2.24, 2.45) is 0 Å². The Kier molecular flexibility index (Phi) is 4.72. The summed E-state index contributed by atoms with van der Waals surface area (Å²) in [6.07, 6.45) is 1.85. The zero-order chi connectivity index (χ0) is 11.3. The van der Waals surface area contributed by atoms with E-state index in [1.807, 2.05) is 18.3 Å². The molecule has 1 rings (SSSR count). The fraction of sp³-hybridized carbons (Fsp3) is 0.583. The van der Waals surface area contributed by atoms with Gasteiger partial charge in [0.2, 0.25) is 0 Å². The maximum Gasteiger partial charge on any atom is 0.0572 e. The molecule has 0 saturated carbocycles. The topological polar surface area (TPSA) is 19.4 Å². The van der Waals surface area contributed by atoms with Crippen LogP contribution in [0.25, 0.3) is 0 Å². The van der Waals surface area contributed by atoms with E-state index in [1.165, 1.54) is 0 Å². The van der Waals surface area contributed by atoms with Gasteiger partial charge in [-0.25, -0.2) is 0 Å². The fourth-order valence-electron chi connectivity index (χ4n) is 1.40. The van der Waals surface area contributed by atoms with Gasteiger partial charge in [-0.15, -0.1) is 0 Å². The Labute approximate surface area is 92.7 Å². The van der Waals surface area contributed by atoms with Crippen molar-refractivity contribution in [3.63, 3.8) is 0 Å². The van der Waals surface area contributed by atoms with Crippen molar-refractivity contribution in [3.05, 3.63) is 30.1 Å². The largest absolute Gasteiger partial charge is 0.308 e. The van der Waals surface area contributed by atoms with E-state index in [2.05, 4.69) is 48.9 Å². The highest BCUT2D eigenvalue weighted by Gasteiger charge is 2.11. The molecule has 0 aliphatic heterocycles. The molecule has 15 heavy (non-hydrogen) atoms. The molecule has 1 heterocycles. The molecule has 3 heteroatoms. The lowest BCUT2D eigenvalue weighted by Gasteiger charge is -2.25. The molecule has 3 nitrogen and oxygen atoms in total. The molecule has 84 valence electrons. The fourth-order valence-corrected chi connectivity index (χ4v) is 1.40. The normalized spacial score (nSPS) is 13.5. The minimum absolute atomic E-state index is 0.381. The average molecular weight is 207 g/mol. The number of rotatable bonds is 5. The number of hydrogen-bond acceptors (Lipinski definition) is 3. The highest BCUT2D eigenvalue weighted by atomic mass is 15.2. The van der Waals surface area contributed by atoms with Gasteiger partial charge in [-0.1, -0.05) is 6.07 Å². The highest BCUT2D eigenvalue weighted by molar-refractivity contribution is 5.07. The molecule has 0 spiro atoms. The van der Waals surface area contributed by atoms with E-state index >= 15 is 0 Å². The molecule has 0 aromatic carbocycles. The molecule has 0 N–H and O–H groups in total. The van der Waals surface area contributed by atoms with Crippen LogP contribution in [0, 0.1) is 0 Å². The van der Waals surface area contributed by atoms with Gasteiger partial charge in [0.05, 0.1) is 5.69 Å². The van der Waals surface area contributed by atoms with Crippen LogP contribution in [0.3, 0.4) is 0 Å². The summed E-state index contributed by atoms with van der Waals surface area (Å²) in [4.78, 5) is 8.89. The Morgan fingerprint density at radius 3 is 2.47 bits per heavy atom. The van der Waals surface area contributed by atoms with Crippen molar-refractivity contribution in [2.75, 3.05) is 34.2 Å². The zero-order valence-corrected chi connectivity index (χ0v) is 10.1. The summed E-state index contributed by atoms with van der Waals surface area (Å²) in [7, 11) is 6.33. The first-order valence-electron chi connectivity index (χ1n) is 5.37. The van der Waals surface area contributed by atoms with Crippen molar-refractivity contribution in [1.29, 1.82) is 0 Å². The van der Waals surface area contributed by atoms with Crippen LogP contribution < -0.4 is 0 Å². The first-order valence-corrected chi connectivity index (χ1v) is 5.37. The van der Waals surface area contributed by atoms with Crippen LogP contribution >= 0.6 is 0 Å². The highest BCUT2D eigenvalue weighted by Crippen LogP contribution is 2.14. The maximum absolute atomic E-state index is 4.37. The Morgan fingerprint density at radius 1 is 1.20 bits per heavy atom. The van der Waals surface area contributed by atoms with Crippen LogP contribution in [0.2, 0.25) is 0 Å². The molecule has 0 bridgehead atoms. The SMILES string of the molecule is CC(c1ccccn1)N(C)CCN(C)C. The van der Waals surface area contributed by atoms with E-state index in [-0.39, 0.29) is 0 Å². The van der Waals surface area contributed by atoms with Gasteiger partial charge < -0.3 is 4.90 Å². The number of pyridine rings is 1. The number of aromatic nitrogens is 1. The van der Waals surface area contributed by atoms with Gasteiger partial charge in [-0.2, -0.15) is 0 Å². The van der Waals surface area contributed by atoms with Crippen molar-refractivity contribution >= 4 is 0 Å². The maximum atomic E-state index is 4.37. The summed E-state index contributed by atoms with van der Waals surface area (Å²) in [5, 5.41) is 0. The number of likely N-dealkylation sites (N-methyl/N-ethyl adjacent to an activating group) is 2. The first-order chi connectivity index (χ1) is 7.11. The second kappa shape index (κ2) is 5.83. The second-order valence-corrected chi connectivity index (χ2v) is 4.21. The minimum atomic E-state index is 0.381. The average Bonchev–Trinajstić information content (AvgIpc) is 2.26. The predicted molar refractivity (Wildman–Crippen MR) is 63.8 cm³/mol. The molecule has 1 aromatic rings. The van der Waals surface area contributed by atoms with Crippen molar-refractivity contribution in [2.45, 2.75) is 13.0 Å². The summed E-state index contributed by atoms with van der Waals surface area (Å²) >= 11 is 0. The molecule has 1 atom stereocenters. The molecule has 0 aliphatic carbocycles. The van der Waals surface area contributed by atoms with Gasteiger partial charge in [-0.05, 0) is 40.2 Å². The van der Waals surface area contributed by atoms with E-state index in [0.29, 0.717) is 6.04 Å². The second-order valence-electron chi connectivity index (χ2n) is 4.21. The van der Waals surface area contributed by atoms with Crippen LogP contribution in [0.4, 0.5) is 0 Å². The summed E-state index contributed by atoms with van der Waals surface area (Å²) < 4.78 is 0. The van der Waals surface area contributed by atoms with Crippen LogP contribution in [0.5, 0.6) is 0 Å². The van der Waals surface area contributed by atoms with E-state index < -0.39 is 0 Å². The molecule has 0 amide bonds. The Bertz CT molecular complexity index is 271. The monoisotopic (exact) mass is 207 g/mol. The van der Waals surface area contributed by atoms with Crippen molar-refractivity contribution < 1.29 is 0 Å². The third-order valence-corrected chi connectivity index (χ3v) is 2.68. The first kappa shape index (κ1) is 12.1. The van der Waals surface area contributed by atoms with Crippen LogP contribution in [-0.2, 0) is 0 Å². The molecule has 1 unspecified atom stereocenters. The Balaban J connectivity index is 2.49. The van der Waals surface area contributed by atoms with Crippen molar-refractivity contribution in [1.82, 2.24) is 14.8 Å². The number of nitrogens with zero attached hydrogens (tertiary/aromatic N) is 3. The van der Waals surface area contributed by atoms with Gasteiger partial charge in [0.15, 0.2) is 0 Å². The lowest BCUT2D eigenvalue weighted by molar-refractivity contribution is 0.228. The predicted octanol–water partition coefficient (Wildman–Crippen LogP) is 1.64. The lowest BCUT2D eigenvalue weighted by atomic mass is 10.2. The van der Waals surface area contributed by atoms with Gasteiger partial charge in [-0.3, -0.25) is 9.88 Å². The standard InChI is InChI=1S/C12H21N3/c1-11(12-7-5-6-8-13-12)15(4)10-9-14(2)3/h5-8,11H,9-10H2,1-4H3. The molecular formula is C12H21N3. The quantitative estimate of drug-likeness (QED) is 0.731. The molecule has 0 aliphatic rings. The van der Waals surface area contributed by atoms with Crippen LogP contribution in [0.15, 0.2) is 24.4 Å². The zero-order valence-electron chi connectivity index (χ0n) is 10.1. The molecule has 0 radical (unpaired) electrons. The van der Waals surface area contributed by atoms with E-state index in [9.17, 15) is 0 Å². The third kappa shape index (κ3) is 3.98. The van der Waals surface area contributed by atoms with Gasteiger partial charge >= 0.3 is 0 Å². The molecule has 0 fully saturated rings. The Hall–Kier alpha value is -0.930. The molecule has 1 aromatic heterocycles. The van der Waals surface area contributed by atoms with Gasteiger partial charge in [0.25, 0.3) is 0 Å². The van der Waals surface area contributed by atoms with Gasteiger partial charge in [0, 0.05) is 25.3 Å². The van der Waals surface area contributed by atoms with Gasteiger partial charge in [0.1, 0.15) is 0 Å². The Morgan fingerprint density at radius 2 is 1.93 bits per heavy atom. The summed E-state index contributed by atoms with van der Waals surface area (Å²) in [6, 6.07) is 6.46. The van der Waals surface area contributed by atoms with E-state index in [1.54, 1.807) is 0 Å². The van der Waals surface area contributed by atoms with Crippen LogP contribution in [-0.4, -0.2) is 49.0 Å². The van der Waals surface area contributed by atoms with Crippen molar-refractivity contribution in [3.8, 4) is 0 Å². The molecule has 0 saturated heterocycles. The summed E-state index contributed by atoms with van der Waals surface area (Å²) in [5.41, 5.74) is 1.14. The molecular weight excluding hydrogens is 186 g/mol. The summed E-state index contributed by atoms with van der Waals surface area (Å²) in [5.74, 6) is 0. The lowest BCUT2D eigenvalue weighted by Crippen LogP contribution is -2.31. The van der Waals surface area contributed by atoms with E-state index in [4.69, 9.17) is 0 Å². The smallest absolute Gasteiger partial charge is 0.0572 e.